The van der Waals surface area contributed by atoms with Crippen molar-refractivity contribution in [2.75, 3.05) is 4.90 Å². The normalized spacial score (nSPS) is 11.4. The lowest BCUT2D eigenvalue weighted by Gasteiger charge is -2.26. The van der Waals surface area contributed by atoms with Gasteiger partial charge in [0.05, 0.1) is 10.2 Å². The third kappa shape index (κ3) is 6.69. The number of thiophene rings is 1. The van der Waals surface area contributed by atoms with Crippen LogP contribution in [0.15, 0.2) is 218 Å². The van der Waals surface area contributed by atoms with E-state index in [1.807, 2.05) is 11.3 Å². The Morgan fingerprint density at radius 3 is 1.39 bits per heavy atom. The standard InChI is InChI=1S/C55H36N2S2/c1-4-11-37(12-5-1)39-19-21-40(22-20-39)41-23-28-46(29-24-41)57(48-18-10-17-44(35-48)38-13-6-2-7-14-38)47-30-25-42(26-31-47)45-27-33-51-49(36-45)53-52(58-51)34-32-50-54(53)59-55(56-50)43-15-8-3-9-16-43/h1-36H. The van der Waals surface area contributed by atoms with Gasteiger partial charge in [0.15, 0.2) is 0 Å². The molecule has 11 aromatic rings. The van der Waals surface area contributed by atoms with Gasteiger partial charge in [-0.3, -0.25) is 0 Å². The average molecular weight is 789 g/mol. The summed E-state index contributed by atoms with van der Waals surface area (Å²) < 4.78 is 3.85. The fourth-order valence-electron chi connectivity index (χ4n) is 8.12. The molecule has 0 radical (unpaired) electrons. The number of nitrogens with zero attached hydrogens (tertiary/aromatic N) is 2. The Kier molecular flexibility index (Phi) is 8.92. The number of thiazole rings is 1. The van der Waals surface area contributed by atoms with Gasteiger partial charge in [0.1, 0.15) is 5.01 Å². The highest BCUT2D eigenvalue weighted by atomic mass is 32.1. The van der Waals surface area contributed by atoms with Crippen LogP contribution in [0.2, 0.25) is 0 Å². The summed E-state index contributed by atoms with van der Waals surface area (Å²) in [5, 5.41) is 3.65. The molecule has 9 aromatic carbocycles. The molecular weight excluding hydrogens is 753 g/mol. The first-order valence-electron chi connectivity index (χ1n) is 19.9. The number of hydrogen-bond acceptors (Lipinski definition) is 4. The lowest BCUT2D eigenvalue weighted by atomic mass is 9.99. The number of fused-ring (bicyclic) bond motifs is 5. The van der Waals surface area contributed by atoms with E-state index in [0.717, 1.165) is 33.1 Å². The number of benzene rings is 9. The topological polar surface area (TPSA) is 16.1 Å². The minimum atomic E-state index is 1.06. The molecule has 0 aliphatic rings. The quantitative estimate of drug-likeness (QED) is 0.152. The second-order valence-electron chi connectivity index (χ2n) is 14.8. The Bertz CT molecular complexity index is 3220. The molecule has 11 rings (SSSR count). The highest BCUT2D eigenvalue weighted by molar-refractivity contribution is 7.28. The van der Waals surface area contributed by atoms with Gasteiger partial charge in [-0.15, -0.1) is 22.7 Å². The van der Waals surface area contributed by atoms with Gasteiger partial charge in [-0.05, 0) is 105 Å². The molecule has 0 spiro atoms. The number of rotatable bonds is 8. The Balaban J connectivity index is 0.957. The molecule has 2 heterocycles. The van der Waals surface area contributed by atoms with Crippen molar-refractivity contribution < 1.29 is 0 Å². The van der Waals surface area contributed by atoms with E-state index in [9.17, 15) is 0 Å². The van der Waals surface area contributed by atoms with Crippen LogP contribution >= 0.6 is 22.7 Å². The molecule has 2 aromatic heterocycles. The second kappa shape index (κ2) is 15.0. The van der Waals surface area contributed by atoms with E-state index in [1.54, 1.807) is 11.3 Å². The molecule has 0 saturated carbocycles. The molecule has 2 nitrogen and oxygen atoms in total. The summed E-state index contributed by atoms with van der Waals surface area (Å²) in [5.41, 5.74) is 15.1. The molecule has 278 valence electrons. The molecule has 0 aliphatic carbocycles. The van der Waals surface area contributed by atoms with Gasteiger partial charge in [-0.25, -0.2) is 4.98 Å². The third-order valence-electron chi connectivity index (χ3n) is 11.1. The fraction of sp³-hybridized carbons (Fsp3) is 0. The van der Waals surface area contributed by atoms with Crippen LogP contribution in [0, 0.1) is 0 Å². The van der Waals surface area contributed by atoms with Gasteiger partial charge in [-0.2, -0.15) is 0 Å². The summed E-state index contributed by atoms with van der Waals surface area (Å²) in [4.78, 5) is 7.41. The maximum atomic E-state index is 5.05. The van der Waals surface area contributed by atoms with Crippen molar-refractivity contribution in [3.8, 4) is 55.1 Å². The first-order chi connectivity index (χ1) is 29.2. The predicted molar refractivity (Wildman–Crippen MR) is 254 cm³/mol. The van der Waals surface area contributed by atoms with Crippen molar-refractivity contribution in [2.45, 2.75) is 0 Å². The molecule has 0 fully saturated rings. The van der Waals surface area contributed by atoms with Gasteiger partial charge in [0, 0.05) is 42.8 Å². The molecule has 0 atom stereocenters. The molecule has 59 heavy (non-hydrogen) atoms. The molecule has 4 heteroatoms. The summed E-state index contributed by atoms with van der Waals surface area (Å²) in [6.45, 7) is 0. The Morgan fingerprint density at radius 2 is 0.780 bits per heavy atom. The van der Waals surface area contributed by atoms with E-state index in [1.165, 1.54) is 69.4 Å². The Labute approximate surface area is 351 Å². The lowest BCUT2D eigenvalue weighted by molar-refractivity contribution is 1.28. The zero-order chi connectivity index (χ0) is 39.1. The highest BCUT2D eigenvalue weighted by Gasteiger charge is 2.17. The van der Waals surface area contributed by atoms with Crippen LogP contribution in [-0.4, -0.2) is 4.98 Å². The van der Waals surface area contributed by atoms with Crippen LogP contribution < -0.4 is 4.90 Å². The van der Waals surface area contributed by atoms with Crippen molar-refractivity contribution in [1.29, 1.82) is 0 Å². The van der Waals surface area contributed by atoms with Crippen LogP contribution in [-0.2, 0) is 0 Å². The van der Waals surface area contributed by atoms with Gasteiger partial charge in [0.2, 0.25) is 0 Å². The first kappa shape index (κ1) is 35.1. The van der Waals surface area contributed by atoms with Gasteiger partial charge >= 0.3 is 0 Å². The van der Waals surface area contributed by atoms with E-state index >= 15 is 0 Å². The molecule has 0 unspecified atom stereocenters. The Morgan fingerprint density at radius 1 is 0.322 bits per heavy atom. The molecule has 0 bridgehead atoms. The van der Waals surface area contributed by atoms with Crippen molar-refractivity contribution in [2.24, 2.45) is 0 Å². The van der Waals surface area contributed by atoms with Crippen LogP contribution in [0.1, 0.15) is 0 Å². The smallest absolute Gasteiger partial charge is 0.124 e. The SMILES string of the molecule is c1ccc(-c2ccc(-c3ccc(N(c4ccc(-c5ccc6sc7ccc8nc(-c9ccccc9)sc8c7c6c5)cc4)c4cccc(-c5ccccc5)c4)cc3)cc2)cc1. The van der Waals surface area contributed by atoms with E-state index in [4.69, 9.17) is 4.98 Å². The van der Waals surface area contributed by atoms with Crippen LogP contribution in [0.25, 0.3) is 85.5 Å². The summed E-state index contributed by atoms with van der Waals surface area (Å²) >= 11 is 3.65. The summed E-state index contributed by atoms with van der Waals surface area (Å²) in [7, 11) is 0. The predicted octanol–water partition coefficient (Wildman–Crippen LogP) is 16.5. The van der Waals surface area contributed by atoms with Crippen molar-refractivity contribution >= 4 is 70.1 Å². The largest absolute Gasteiger partial charge is 0.310 e. The van der Waals surface area contributed by atoms with Gasteiger partial charge in [-0.1, -0.05) is 158 Å². The number of hydrogen-bond donors (Lipinski definition) is 0. The summed E-state index contributed by atoms with van der Waals surface area (Å²) in [6, 6.07) is 78.7. The van der Waals surface area contributed by atoms with E-state index in [-0.39, 0.29) is 0 Å². The minimum Gasteiger partial charge on any atom is -0.310 e. The van der Waals surface area contributed by atoms with Gasteiger partial charge in [0.25, 0.3) is 0 Å². The minimum absolute atomic E-state index is 1.06. The fourth-order valence-corrected chi connectivity index (χ4v) is 10.4. The molecule has 0 amide bonds. The second-order valence-corrected chi connectivity index (χ2v) is 16.9. The number of aromatic nitrogens is 1. The molecule has 0 aliphatic heterocycles. The van der Waals surface area contributed by atoms with Crippen molar-refractivity contribution in [3.05, 3.63) is 218 Å². The van der Waals surface area contributed by atoms with Crippen LogP contribution in [0.4, 0.5) is 17.1 Å². The molecule has 0 saturated heterocycles. The van der Waals surface area contributed by atoms with E-state index < -0.39 is 0 Å². The summed E-state index contributed by atoms with van der Waals surface area (Å²) in [5.74, 6) is 0. The average Bonchev–Trinajstić information content (AvgIpc) is 3.92. The highest BCUT2D eigenvalue weighted by Crippen LogP contribution is 2.44. The molecule has 0 N–H and O–H groups in total. The van der Waals surface area contributed by atoms with Crippen molar-refractivity contribution in [3.63, 3.8) is 0 Å². The molecular formula is C55H36N2S2. The van der Waals surface area contributed by atoms with E-state index in [2.05, 4.69) is 223 Å². The van der Waals surface area contributed by atoms with Crippen LogP contribution in [0.5, 0.6) is 0 Å². The third-order valence-corrected chi connectivity index (χ3v) is 13.4. The Hall–Kier alpha value is -7.11. The first-order valence-corrected chi connectivity index (χ1v) is 21.5. The maximum Gasteiger partial charge on any atom is 0.124 e. The number of anilines is 3. The van der Waals surface area contributed by atoms with Gasteiger partial charge < -0.3 is 4.90 Å². The maximum absolute atomic E-state index is 5.05. The van der Waals surface area contributed by atoms with E-state index in [0.29, 0.717) is 0 Å². The zero-order valence-corrected chi connectivity index (χ0v) is 33.6. The van der Waals surface area contributed by atoms with Crippen molar-refractivity contribution in [1.82, 2.24) is 4.98 Å². The monoisotopic (exact) mass is 788 g/mol. The summed E-state index contributed by atoms with van der Waals surface area (Å²) in [6.07, 6.45) is 0. The lowest BCUT2D eigenvalue weighted by Crippen LogP contribution is -2.10. The zero-order valence-electron chi connectivity index (χ0n) is 32.0. The van der Waals surface area contributed by atoms with Crippen LogP contribution in [0.3, 0.4) is 0 Å².